The Bertz CT molecular complexity index is 1200. The van der Waals surface area contributed by atoms with Crippen molar-refractivity contribution in [3.05, 3.63) is 91.4 Å². The molecule has 0 heterocycles. The number of phenolic OH excluding ortho intramolecular Hbond substituents is 2. The molecule has 0 aliphatic heterocycles. The molecule has 152 valence electrons. The highest BCUT2D eigenvalue weighted by molar-refractivity contribution is 7.87. The molecule has 0 radical (unpaired) electrons. The SMILES string of the molecule is O=S(=O)(O)C(c1ccc(O)cc1)(c1cccc(Cl)c1O)c1c(Cl)ccc(Cl)c1Cl. The number of hydrogen-bond acceptors (Lipinski definition) is 4. The van der Waals surface area contributed by atoms with E-state index in [-0.39, 0.29) is 42.5 Å². The van der Waals surface area contributed by atoms with Gasteiger partial charge >= 0.3 is 0 Å². The van der Waals surface area contributed by atoms with Gasteiger partial charge in [0.25, 0.3) is 10.1 Å². The standard InChI is InChI=1S/C19H12Cl4O5S/c20-13-8-9-14(21)17(23)16(13)19(29(26,27)28,10-4-6-11(24)7-5-10)12-2-1-3-15(22)18(12)25/h1-9,24-25H,(H,26,27,28). The Labute approximate surface area is 186 Å². The average molecular weight is 494 g/mol. The highest BCUT2D eigenvalue weighted by Crippen LogP contribution is 2.53. The Morgan fingerprint density at radius 3 is 1.93 bits per heavy atom. The van der Waals surface area contributed by atoms with Gasteiger partial charge < -0.3 is 10.2 Å². The smallest absolute Gasteiger partial charge is 0.283 e. The van der Waals surface area contributed by atoms with Crippen molar-refractivity contribution in [2.45, 2.75) is 4.75 Å². The molecule has 0 spiro atoms. The van der Waals surface area contributed by atoms with E-state index in [1.807, 2.05) is 0 Å². The number of aromatic hydroxyl groups is 2. The lowest BCUT2D eigenvalue weighted by Gasteiger charge is -2.34. The summed E-state index contributed by atoms with van der Waals surface area (Å²) in [6.45, 7) is 0. The summed E-state index contributed by atoms with van der Waals surface area (Å²) in [5, 5.41) is 19.7. The molecule has 29 heavy (non-hydrogen) atoms. The lowest BCUT2D eigenvalue weighted by atomic mass is 9.83. The maximum absolute atomic E-state index is 13.0. The molecule has 0 aliphatic carbocycles. The molecule has 3 rings (SSSR count). The molecule has 1 unspecified atom stereocenters. The molecule has 0 amide bonds. The third kappa shape index (κ3) is 3.54. The van der Waals surface area contributed by atoms with E-state index in [4.69, 9.17) is 46.4 Å². The molecule has 3 aromatic rings. The van der Waals surface area contributed by atoms with Crippen LogP contribution in [0.5, 0.6) is 11.5 Å². The Morgan fingerprint density at radius 1 is 0.759 bits per heavy atom. The molecule has 0 aromatic heterocycles. The minimum atomic E-state index is -5.13. The highest BCUT2D eigenvalue weighted by Gasteiger charge is 2.53. The van der Waals surface area contributed by atoms with Crippen LogP contribution in [0.4, 0.5) is 0 Å². The van der Waals surface area contributed by atoms with Crippen molar-refractivity contribution in [1.29, 1.82) is 0 Å². The van der Waals surface area contributed by atoms with E-state index in [0.717, 1.165) is 0 Å². The second kappa shape index (κ2) is 7.87. The van der Waals surface area contributed by atoms with Gasteiger partial charge in [-0.05, 0) is 35.9 Å². The summed E-state index contributed by atoms with van der Waals surface area (Å²) in [5.41, 5.74) is -0.648. The molecule has 0 bridgehead atoms. The average Bonchev–Trinajstić information content (AvgIpc) is 2.65. The Balaban J connectivity index is 2.65. The van der Waals surface area contributed by atoms with Crippen molar-refractivity contribution < 1.29 is 23.2 Å². The van der Waals surface area contributed by atoms with Gasteiger partial charge in [-0.3, -0.25) is 4.55 Å². The lowest BCUT2D eigenvalue weighted by Crippen LogP contribution is -2.39. The van der Waals surface area contributed by atoms with Gasteiger partial charge in [0.05, 0.1) is 15.1 Å². The Kier molecular flexibility index (Phi) is 5.98. The number of phenols is 2. The van der Waals surface area contributed by atoms with E-state index in [2.05, 4.69) is 0 Å². The summed E-state index contributed by atoms with van der Waals surface area (Å²) in [7, 11) is -5.13. The number of benzene rings is 3. The first kappa shape index (κ1) is 22.0. The fourth-order valence-electron chi connectivity index (χ4n) is 3.20. The van der Waals surface area contributed by atoms with Gasteiger partial charge in [0.15, 0.2) is 4.75 Å². The molecular formula is C19H12Cl4O5S. The molecule has 3 aromatic carbocycles. The summed E-state index contributed by atoms with van der Waals surface area (Å²) in [6, 6.07) is 11.6. The third-order valence-electron chi connectivity index (χ3n) is 4.42. The van der Waals surface area contributed by atoms with E-state index >= 15 is 0 Å². The van der Waals surface area contributed by atoms with Crippen LogP contribution in [0.25, 0.3) is 0 Å². The van der Waals surface area contributed by atoms with Gasteiger partial charge in [-0.15, -0.1) is 0 Å². The van der Waals surface area contributed by atoms with Crippen molar-refractivity contribution in [2.75, 3.05) is 0 Å². The third-order valence-corrected chi connectivity index (χ3v) is 7.28. The molecule has 3 N–H and O–H groups in total. The largest absolute Gasteiger partial charge is 0.508 e. The maximum Gasteiger partial charge on any atom is 0.283 e. The molecule has 0 aliphatic rings. The predicted octanol–water partition coefficient (Wildman–Crippen LogP) is 5.89. The van der Waals surface area contributed by atoms with Gasteiger partial charge in [0, 0.05) is 16.1 Å². The number of halogens is 4. The van der Waals surface area contributed by atoms with Crippen molar-refractivity contribution in [3.63, 3.8) is 0 Å². The Hall–Kier alpha value is -1.67. The minimum Gasteiger partial charge on any atom is -0.508 e. The van der Waals surface area contributed by atoms with Crippen LogP contribution in [0, 0.1) is 0 Å². The van der Waals surface area contributed by atoms with Crippen LogP contribution in [0.3, 0.4) is 0 Å². The fourth-order valence-corrected chi connectivity index (χ4v) is 5.64. The van der Waals surface area contributed by atoms with Crippen LogP contribution < -0.4 is 0 Å². The van der Waals surface area contributed by atoms with Crippen LogP contribution >= 0.6 is 46.4 Å². The van der Waals surface area contributed by atoms with Crippen LogP contribution in [0.15, 0.2) is 54.6 Å². The lowest BCUT2D eigenvalue weighted by molar-refractivity contribution is 0.440. The normalized spacial score (nSPS) is 13.8. The zero-order valence-electron chi connectivity index (χ0n) is 14.3. The van der Waals surface area contributed by atoms with E-state index in [1.165, 1.54) is 54.6 Å². The van der Waals surface area contributed by atoms with Gasteiger partial charge in [0.1, 0.15) is 11.5 Å². The quantitative estimate of drug-likeness (QED) is 0.239. The molecule has 5 nitrogen and oxygen atoms in total. The molecule has 1 atom stereocenters. The number of para-hydroxylation sites is 1. The first-order valence-corrected chi connectivity index (χ1v) is 10.9. The van der Waals surface area contributed by atoms with E-state index in [0.29, 0.717) is 0 Å². The predicted molar refractivity (Wildman–Crippen MR) is 114 cm³/mol. The monoisotopic (exact) mass is 492 g/mol. The topological polar surface area (TPSA) is 94.8 Å². The second-order valence-corrected chi connectivity index (χ2v) is 9.22. The van der Waals surface area contributed by atoms with Crippen LogP contribution in [0.1, 0.15) is 16.7 Å². The van der Waals surface area contributed by atoms with Gasteiger partial charge in [-0.1, -0.05) is 70.7 Å². The van der Waals surface area contributed by atoms with Gasteiger partial charge in [-0.2, -0.15) is 8.42 Å². The number of rotatable bonds is 4. The zero-order chi connectivity index (χ0) is 21.6. The van der Waals surface area contributed by atoms with Crippen LogP contribution in [0.2, 0.25) is 20.1 Å². The molecule has 10 heteroatoms. The molecular weight excluding hydrogens is 482 g/mol. The summed E-state index contributed by atoms with van der Waals surface area (Å²) in [4.78, 5) is 0. The Morgan fingerprint density at radius 2 is 1.34 bits per heavy atom. The minimum absolute atomic E-state index is 0.0283. The molecule has 0 saturated carbocycles. The summed E-state index contributed by atoms with van der Waals surface area (Å²) in [5.74, 6) is -0.761. The van der Waals surface area contributed by atoms with Crippen molar-refractivity contribution in [2.24, 2.45) is 0 Å². The van der Waals surface area contributed by atoms with E-state index in [9.17, 15) is 23.2 Å². The van der Waals surface area contributed by atoms with Gasteiger partial charge in [-0.25, -0.2) is 0 Å². The van der Waals surface area contributed by atoms with Crippen molar-refractivity contribution >= 4 is 56.5 Å². The summed E-state index contributed by atoms with van der Waals surface area (Å²) in [6.07, 6.45) is 0. The maximum atomic E-state index is 13.0. The van der Waals surface area contributed by atoms with Crippen LogP contribution in [-0.4, -0.2) is 23.2 Å². The van der Waals surface area contributed by atoms with Gasteiger partial charge in [0.2, 0.25) is 0 Å². The highest BCUT2D eigenvalue weighted by atomic mass is 35.5. The summed E-state index contributed by atoms with van der Waals surface area (Å²) < 4.78 is 34.0. The summed E-state index contributed by atoms with van der Waals surface area (Å²) >= 11 is 24.8. The second-order valence-electron chi connectivity index (χ2n) is 6.06. The van der Waals surface area contributed by atoms with Crippen LogP contribution in [-0.2, 0) is 14.9 Å². The molecule has 0 saturated heterocycles. The van der Waals surface area contributed by atoms with Crippen molar-refractivity contribution in [1.82, 2.24) is 0 Å². The number of hydrogen-bond donors (Lipinski definition) is 3. The van der Waals surface area contributed by atoms with E-state index in [1.54, 1.807) is 0 Å². The first-order valence-electron chi connectivity index (χ1n) is 7.90. The first-order chi connectivity index (χ1) is 13.5. The zero-order valence-corrected chi connectivity index (χ0v) is 18.1. The van der Waals surface area contributed by atoms with Crippen molar-refractivity contribution in [3.8, 4) is 11.5 Å². The molecule has 0 fully saturated rings. The fraction of sp³-hybridized carbons (Fsp3) is 0.0526. The van der Waals surface area contributed by atoms with E-state index < -0.39 is 20.6 Å².